The smallest absolute Gasteiger partial charge is 0.138 e. The molecule has 2 heterocycles. The van der Waals surface area contributed by atoms with E-state index in [0.29, 0.717) is 5.15 Å². The van der Waals surface area contributed by atoms with E-state index in [1.165, 1.54) is 0 Å². The Bertz CT molecular complexity index is 675. The summed E-state index contributed by atoms with van der Waals surface area (Å²) in [6.45, 7) is 0. The van der Waals surface area contributed by atoms with Crippen LogP contribution in [0.3, 0.4) is 0 Å². The van der Waals surface area contributed by atoms with Crippen LogP contribution in [-0.2, 0) is 0 Å². The Labute approximate surface area is 109 Å². The Balaban J connectivity index is 2.02. The van der Waals surface area contributed by atoms with Gasteiger partial charge in [-0.15, -0.1) is 0 Å². The summed E-state index contributed by atoms with van der Waals surface area (Å²) in [5.41, 5.74) is 0.864. The van der Waals surface area contributed by atoms with Crippen molar-refractivity contribution in [1.82, 2.24) is 9.97 Å². The highest BCUT2D eigenvalue weighted by Gasteiger charge is 2.02. The number of benzene rings is 1. The van der Waals surface area contributed by atoms with Gasteiger partial charge in [0.05, 0.1) is 11.9 Å². The zero-order valence-corrected chi connectivity index (χ0v) is 10.2. The second-order valence-corrected chi connectivity index (χ2v) is 4.26. The third-order valence-corrected chi connectivity index (χ3v) is 2.89. The van der Waals surface area contributed by atoms with Gasteiger partial charge in [-0.25, -0.2) is 9.97 Å². The molecule has 0 unspecified atom stereocenters. The van der Waals surface area contributed by atoms with Gasteiger partial charge in [0.2, 0.25) is 0 Å². The van der Waals surface area contributed by atoms with E-state index in [9.17, 15) is 0 Å². The molecule has 0 fully saturated rings. The van der Waals surface area contributed by atoms with Gasteiger partial charge < -0.3 is 5.32 Å². The first kappa shape index (κ1) is 11.0. The average Bonchev–Trinajstić information content (AvgIpc) is 2.42. The van der Waals surface area contributed by atoms with Crippen molar-refractivity contribution in [1.29, 1.82) is 0 Å². The lowest BCUT2D eigenvalue weighted by molar-refractivity contribution is 1.29. The number of aromatic nitrogens is 2. The van der Waals surface area contributed by atoms with Gasteiger partial charge in [0, 0.05) is 11.6 Å². The van der Waals surface area contributed by atoms with Crippen LogP contribution in [0.5, 0.6) is 0 Å². The molecule has 3 aromatic rings. The Kier molecular flexibility index (Phi) is 2.82. The van der Waals surface area contributed by atoms with Crippen LogP contribution in [0.1, 0.15) is 0 Å². The lowest BCUT2D eigenvalue weighted by atomic mass is 10.1. The second kappa shape index (κ2) is 4.63. The third kappa shape index (κ3) is 2.13. The van der Waals surface area contributed by atoms with Crippen LogP contribution in [0, 0.1) is 0 Å². The molecule has 88 valence electrons. The molecule has 0 radical (unpaired) electrons. The normalized spacial score (nSPS) is 10.5. The topological polar surface area (TPSA) is 37.8 Å². The molecule has 18 heavy (non-hydrogen) atoms. The molecule has 0 atom stereocenters. The van der Waals surface area contributed by atoms with E-state index in [2.05, 4.69) is 21.4 Å². The number of pyridine rings is 2. The minimum Gasteiger partial charge on any atom is -0.338 e. The molecule has 3 nitrogen and oxygen atoms in total. The maximum atomic E-state index is 5.76. The molecule has 0 aliphatic rings. The van der Waals surface area contributed by atoms with E-state index in [-0.39, 0.29) is 0 Å². The lowest BCUT2D eigenvalue weighted by Crippen LogP contribution is -1.94. The van der Waals surface area contributed by atoms with E-state index in [4.69, 9.17) is 11.6 Å². The maximum absolute atomic E-state index is 5.76. The Morgan fingerprint density at radius 1 is 0.944 bits per heavy atom. The highest BCUT2D eigenvalue weighted by molar-refractivity contribution is 6.29. The molecule has 0 saturated carbocycles. The summed E-state index contributed by atoms with van der Waals surface area (Å²) in [6, 6.07) is 13.7. The predicted octanol–water partition coefficient (Wildman–Crippen LogP) is 4.03. The zero-order valence-electron chi connectivity index (χ0n) is 9.47. The number of fused-ring (bicyclic) bond motifs is 1. The molecule has 0 aliphatic heterocycles. The standard InChI is InChI=1S/C14H10ClN3/c15-13-6-5-11(9-17-13)18-14-12-4-2-1-3-10(12)7-8-16-14/h1-9H,(H,16,18). The fourth-order valence-corrected chi connectivity index (χ4v) is 1.92. The molecule has 0 aliphatic carbocycles. The van der Waals surface area contributed by atoms with Gasteiger partial charge in [-0.2, -0.15) is 0 Å². The van der Waals surface area contributed by atoms with Crippen LogP contribution in [0.4, 0.5) is 11.5 Å². The van der Waals surface area contributed by atoms with Crippen molar-refractivity contribution in [2.75, 3.05) is 5.32 Å². The summed E-state index contributed by atoms with van der Waals surface area (Å²) in [4.78, 5) is 8.38. The van der Waals surface area contributed by atoms with Crippen molar-refractivity contribution in [2.45, 2.75) is 0 Å². The Morgan fingerprint density at radius 3 is 2.67 bits per heavy atom. The largest absolute Gasteiger partial charge is 0.338 e. The molecule has 1 N–H and O–H groups in total. The lowest BCUT2D eigenvalue weighted by Gasteiger charge is -2.08. The van der Waals surface area contributed by atoms with E-state index in [0.717, 1.165) is 22.3 Å². The summed E-state index contributed by atoms with van der Waals surface area (Å²) >= 11 is 5.76. The molecule has 1 aromatic carbocycles. The molecule has 0 spiro atoms. The summed E-state index contributed by atoms with van der Waals surface area (Å²) in [5.74, 6) is 0.817. The average molecular weight is 256 g/mol. The molecule has 4 heteroatoms. The van der Waals surface area contributed by atoms with Gasteiger partial charge >= 0.3 is 0 Å². The zero-order chi connectivity index (χ0) is 12.4. The minimum atomic E-state index is 0.478. The SMILES string of the molecule is Clc1ccc(Nc2nccc3ccccc23)cn1. The number of rotatable bonds is 2. The number of nitrogens with one attached hydrogen (secondary N) is 1. The first-order valence-electron chi connectivity index (χ1n) is 5.55. The van der Waals surface area contributed by atoms with Crippen molar-refractivity contribution in [2.24, 2.45) is 0 Å². The number of anilines is 2. The third-order valence-electron chi connectivity index (χ3n) is 2.66. The second-order valence-electron chi connectivity index (χ2n) is 3.88. The summed E-state index contributed by atoms with van der Waals surface area (Å²) in [5, 5.41) is 5.95. The quantitative estimate of drug-likeness (QED) is 0.703. The van der Waals surface area contributed by atoms with E-state index < -0.39 is 0 Å². The Hall–Kier alpha value is -2.13. The van der Waals surface area contributed by atoms with Crippen LogP contribution in [0.15, 0.2) is 54.9 Å². The Morgan fingerprint density at radius 2 is 1.83 bits per heavy atom. The van der Waals surface area contributed by atoms with Crippen molar-refractivity contribution in [3.05, 3.63) is 60.0 Å². The molecular weight excluding hydrogens is 246 g/mol. The molecular formula is C14H10ClN3. The van der Waals surface area contributed by atoms with E-state index >= 15 is 0 Å². The first-order chi connectivity index (χ1) is 8.83. The van der Waals surface area contributed by atoms with Crippen molar-refractivity contribution < 1.29 is 0 Å². The summed E-state index contributed by atoms with van der Waals surface area (Å²) in [6.07, 6.45) is 3.47. The number of hydrogen-bond acceptors (Lipinski definition) is 3. The fourth-order valence-electron chi connectivity index (χ4n) is 1.81. The van der Waals surface area contributed by atoms with Gasteiger partial charge in [-0.3, -0.25) is 0 Å². The van der Waals surface area contributed by atoms with Crippen LogP contribution in [-0.4, -0.2) is 9.97 Å². The van der Waals surface area contributed by atoms with E-state index in [1.54, 1.807) is 18.5 Å². The van der Waals surface area contributed by atoms with Gasteiger partial charge in [0.15, 0.2) is 0 Å². The highest BCUT2D eigenvalue weighted by atomic mass is 35.5. The molecule has 2 aromatic heterocycles. The maximum Gasteiger partial charge on any atom is 0.138 e. The number of nitrogens with zero attached hydrogens (tertiary/aromatic N) is 2. The fraction of sp³-hybridized carbons (Fsp3) is 0. The van der Waals surface area contributed by atoms with Crippen molar-refractivity contribution in [3.8, 4) is 0 Å². The van der Waals surface area contributed by atoms with Gasteiger partial charge in [0.25, 0.3) is 0 Å². The van der Waals surface area contributed by atoms with Crippen LogP contribution < -0.4 is 5.32 Å². The van der Waals surface area contributed by atoms with Gasteiger partial charge in [-0.1, -0.05) is 35.9 Å². The van der Waals surface area contributed by atoms with Gasteiger partial charge in [-0.05, 0) is 23.6 Å². The molecule has 0 saturated heterocycles. The van der Waals surface area contributed by atoms with Gasteiger partial charge in [0.1, 0.15) is 11.0 Å². The molecule has 0 bridgehead atoms. The highest BCUT2D eigenvalue weighted by Crippen LogP contribution is 2.23. The molecule has 0 amide bonds. The predicted molar refractivity (Wildman–Crippen MR) is 74.3 cm³/mol. The van der Waals surface area contributed by atoms with Crippen LogP contribution in [0.25, 0.3) is 10.8 Å². The summed E-state index contributed by atoms with van der Waals surface area (Å²) < 4.78 is 0. The first-order valence-corrected chi connectivity index (χ1v) is 5.93. The van der Waals surface area contributed by atoms with Crippen molar-refractivity contribution >= 4 is 33.9 Å². The number of hydrogen-bond donors (Lipinski definition) is 1. The van der Waals surface area contributed by atoms with E-state index in [1.807, 2.05) is 30.3 Å². The minimum absolute atomic E-state index is 0.478. The molecule has 3 rings (SSSR count). The van der Waals surface area contributed by atoms with Crippen molar-refractivity contribution in [3.63, 3.8) is 0 Å². The van der Waals surface area contributed by atoms with Crippen LogP contribution in [0.2, 0.25) is 5.15 Å². The summed E-state index contributed by atoms with van der Waals surface area (Å²) in [7, 11) is 0. The number of halogens is 1. The monoisotopic (exact) mass is 255 g/mol. The van der Waals surface area contributed by atoms with Crippen LogP contribution >= 0.6 is 11.6 Å².